The SMILES string of the molecule is CCNC(=NCC(CC)CC)NCCS(=O)(=O)C(C)(C)C. The molecule has 0 aliphatic rings. The minimum atomic E-state index is -3.09. The lowest BCUT2D eigenvalue weighted by Gasteiger charge is -2.20. The molecule has 0 saturated carbocycles. The van der Waals surface area contributed by atoms with Gasteiger partial charge in [-0.15, -0.1) is 0 Å². The molecular weight excluding hydrogens is 286 g/mol. The van der Waals surface area contributed by atoms with Crippen LogP contribution in [-0.4, -0.2) is 44.5 Å². The molecule has 0 aliphatic heterocycles. The van der Waals surface area contributed by atoms with Crippen LogP contribution in [-0.2, 0) is 9.84 Å². The summed E-state index contributed by atoms with van der Waals surface area (Å²) in [6.45, 7) is 13.4. The van der Waals surface area contributed by atoms with E-state index in [0.29, 0.717) is 18.4 Å². The normalized spacial score (nSPS) is 13.6. The maximum Gasteiger partial charge on any atom is 0.191 e. The standard InChI is InChI=1S/C15H33N3O2S/c1-7-13(8-2)12-18-14(16-9-3)17-10-11-21(19,20)15(4,5)6/h13H,7-12H2,1-6H3,(H2,16,17,18). The predicted octanol–water partition coefficient (Wildman–Crippen LogP) is 2.19. The highest BCUT2D eigenvalue weighted by Crippen LogP contribution is 2.15. The number of nitrogens with one attached hydrogen (secondary N) is 2. The second kappa shape index (κ2) is 9.28. The zero-order valence-corrected chi connectivity index (χ0v) is 15.3. The Morgan fingerprint density at radius 1 is 1.10 bits per heavy atom. The van der Waals surface area contributed by atoms with E-state index in [1.165, 1.54) is 0 Å². The molecule has 0 spiro atoms. The van der Waals surface area contributed by atoms with Crippen molar-refractivity contribution in [1.29, 1.82) is 0 Å². The van der Waals surface area contributed by atoms with Crippen molar-refractivity contribution in [3.05, 3.63) is 0 Å². The molecular formula is C15H33N3O2S. The van der Waals surface area contributed by atoms with E-state index in [1.54, 1.807) is 20.8 Å². The van der Waals surface area contributed by atoms with E-state index in [9.17, 15) is 8.42 Å². The smallest absolute Gasteiger partial charge is 0.191 e. The van der Waals surface area contributed by atoms with Crippen molar-refractivity contribution in [3.63, 3.8) is 0 Å². The van der Waals surface area contributed by atoms with Crippen LogP contribution in [0, 0.1) is 5.92 Å². The Bertz CT molecular complexity index is 407. The Hall–Kier alpha value is -0.780. The molecule has 5 nitrogen and oxygen atoms in total. The van der Waals surface area contributed by atoms with E-state index in [4.69, 9.17) is 0 Å². The van der Waals surface area contributed by atoms with Gasteiger partial charge in [-0.05, 0) is 33.6 Å². The van der Waals surface area contributed by atoms with Gasteiger partial charge in [0.15, 0.2) is 15.8 Å². The average molecular weight is 320 g/mol. The highest BCUT2D eigenvalue weighted by atomic mass is 32.2. The van der Waals surface area contributed by atoms with Crippen LogP contribution < -0.4 is 10.6 Å². The molecule has 0 aliphatic carbocycles. The fourth-order valence-corrected chi connectivity index (χ4v) is 2.70. The number of sulfone groups is 1. The second-order valence-electron chi connectivity index (χ2n) is 6.26. The average Bonchev–Trinajstić information content (AvgIpc) is 2.38. The number of guanidine groups is 1. The lowest BCUT2D eigenvalue weighted by atomic mass is 10.0. The summed E-state index contributed by atoms with van der Waals surface area (Å²) in [6.07, 6.45) is 2.22. The van der Waals surface area contributed by atoms with E-state index in [0.717, 1.165) is 25.9 Å². The molecule has 0 unspecified atom stereocenters. The fraction of sp³-hybridized carbons (Fsp3) is 0.933. The van der Waals surface area contributed by atoms with Gasteiger partial charge < -0.3 is 10.6 Å². The third kappa shape index (κ3) is 7.69. The van der Waals surface area contributed by atoms with Gasteiger partial charge in [0, 0.05) is 19.6 Å². The number of aliphatic imine (C=N–C) groups is 1. The molecule has 0 heterocycles. The third-order valence-electron chi connectivity index (χ3n) is 3.60. The summed E-state index contributed by atoms with van der Waals surface area (Å²) in [5.41, 5.74) is 0. The molecule has 0 radical (unpaired) electrons. The first-order chi connectivity index (χ1) is 9.67. The zero-order chi connectivity index (χ0) is 16.5. The van der Waals surface area contributed by atoms with Crippen LogP contribution in [0.25, 0.3) is 0 Å². The van der Waals surface area contributed by atoms with Gasteiger partial charge in [0.05, 0.1) is 10.5 Å². The summed E-state index contributed by atoms with van der Waals surface area (Å²) in [5.74, 6) is 1.40. The number of rotatable bonds is 8. The van der Waals surface area contributed by atoms with Crippen LogP contribution in [0.3, 0.4) is 0 Å². The molecule has 0 atom stereocenters. The molecule has 0 saturated heterocycles. The van der Waals surface area contributed by atoms with E-state index in [2.05, 4.69) is 29.5 Å². The minimum absolute atomic E-state index is 0.117. The number of hydrogen-bond donors (Lipinski definition) is 2. The van der Waals surface area contributed by atoms with Crippen molar-refractivity contribution in [2.24, 2.45) is 10.9 Å². The summed E-state index contributed by atoms with van der Waals surface area (Å²) >= 11 is 0. The van der Waals surface area contributed by atoms with E-state index in [-0.39, 0.29) is 5.75 Å². The molecule has 0 amide bonds. The summed E-state index contributed by atoms with van der Waals surface area (Å²) < 4.78 is 23.4. The van der Waals surface area contributed by atoms with Gasteiger partial charge in [-0.25, -0.2) is 8.42 Å². The molecule has 6 heteroatoms. The van der Waals surface area contributed by atoms with Gasteiger partial charge in [0.25, 0.3) is 0 Å². The first-order valence-electron chi connectivity index (χ1n) is 7.92. The van der Waals surface area contributed by atoms with Crippen molar-refractivity contribution < 1.29 is 8.42 Å². The van der Waals surface area contributed by atoms with E-state index in [1.807, 2.05) is 6.92 Å². The van der Waals surface area contributed by atoms with Gasteiger partial charge in [0.2, 0.25) is 0 Å². The van der Waals surface area contributed by atoms with Crippen molar-refractivity contribution in [1.82, 2.24) is 10.6 Å². The Kier molecular flexibility index (Phi) is 8.94. The molecule has 0 aromatic carbocycles. The molecule has 126 valence electrons. The molecule has 0 bridgehead atoms. The van der Waals surface area contributed by atoms with Crippen molar-refractivity contribution in [3.8, 4) is 0 Å². The first-order valence-corrected chi connectivity index (χ1v) is 9.57. The van der Waals surface area contributed by atoms with Crippen LogP contribution in [0.4, 0.5) is 0 Å². The summed E-state index contributed by atoms with van der Waals surface area (Å²) in [7, 11) is -3.09. The Morgan fingerprint density at radius 3 is 2.10 bits per heavy atom. The van der Waals surface area contributed by atoms with Gasteiger partial charge in [-0.3, -0.25) is 4.99 Å². The van der Waals surface area contributed by atoms with Crippen LogP contribution in [0.5, 0.6) is 0 Å². The monoisotopic (exact) mass is 319 g/mol. The Labute approximate surface area is 130 Å². The van der Waals surface area contributed by atoms with Gasteiger partial charge in [-0.2, -0.15) is 0 Å². The minimum Gasteiger partial charge on any atom is -0.357 e. The quantitative estimate of drug-likeness (QED) is 0.531. The topological polar surface area (TPSA) is 70.6 Å². The van der Waals surface area contributed by atoms with Crippen LogP contribution >= 0.6 is 0 Å². The molecule has 2 N–H and O–H groups in total. The van der Waals surface area contributed by atoms with Crippen LogP contribution in [0.15, 0.2) is 4.99 Å². The predicted molar refractivity (Wildman–Crippen MR) is 91.6 cm³/mol. The Morgan fingerprint density at radius 2 is 1.67 bits per heavy atom. The third-order valence-corrected chi connectivity index (χ3v) is 6.21. The zero-order valence-electron chi connectivity index (χ0n) is 14.5. The van der Waals surface area contributed by atoms with E-state index < -0.39 is 14.6 Å². The van der Waals surface area contributed by atoms with Crippen molar-refractivity contribution in [2.75, 3.05) is 25.4 Å². The van der Waals surface area contributed by atoms with Crippen LogP contribution in [0.1, 0.15) is 54.4 Å². The molecule has 0 rings (SSSR count). The van der Waals surface area contributed by atoms with Gasteiger partial charge in [0.1, 0.15) is 0 Å². The molecule has 21 heavy (non-hydrogen) atoms. The summed E-state index contributed by atoms with van der Waals surface area (Å²) in [5, 5.41) is 6.27. The Balaban J connectivity index is 4.50. The number of nitrogens with zero attached hydrogens (tertiary/aromatic N) is 1. The van der Waals surface area contributed by atoms with Crippen LogP contribution in [0.2, 0.25) is 0 Å². The highest BCUT2D eigenvalue weighted by Gasteiger charge is 2.28. The first kappa shape index (κ1) is 20.2. The number of hydrogen-bond acceptors (Lipinski definition) is 3. The van der Waals surface area contributed by atoms with Crippen molar-refractivity contribution >= 4 is 15.8 Å². The summed E-state index contributed by atoms with van der Waals surface area (Å²) in [4.78, 5) is 4.54. The maximum absolute atomic E-state index is 12.0. The highest BCUT2D eigenvalue weighted by molar-refractivity contribution is 7.92. The lowest BCUT2D eigenvalue weighted by molar-refractivity contribution is 0.504. The maximum atomic E-state index is 12.0. The molecule has 0 aromatic heterocycles. The van der Waals surface area contributed by atoms with Gasteiger partial charge >= 0.3 is 0 Å². The molecule has 0 fully saturated rings. The van der Waals surface area contributed by atoms with E-state index >= 15 is 0 Å². The lowest BCUT2D eigenvalue weighted by Crippen LogP contribution is -2.42. The van der Waals surface area contributed by atoms with Crippen molar-refractivity contribution in [2.45, 2.75) is 59.1 Å². The molecule has 0 aromatic rings. The van der Waals surface area contributed by atoms with Gasteiger partial charge in [-0.1, -0.05) is 26.7 Å². The largest absolute Gasteiger partial charge is 0.357 e. The second-order valence-corrected chi connectivity index (χ2v) is 9.12. The fourth-order valence-electron chi connectivity index (χ4n) is 1.72. The summed E-state index contributed by atoms with van der Waals surface area (Å²) in [6, 6.07) is 0.